The summed E-state index contributed by atoms with van der Waals surface area (Å²) in [5.74, 6) is 2.18. The molecule has 0 amide bonds. The molecule has 3 rings (SSSR count). The molecule has 0 bridgehead atoms. The minimum absolute atomic E-state index is 0.266. The van der Waals surface area contributed by atoms with Crippen LogP contribution < -0.4 is 9.47 Å². The van der Waals surface area contributed by atoms with E-state index in [4.69, 9.17) is 14.2 Å². The molecule has 0 aromatic heterocycles. The van der Waals surface area contributed by atoms with Crippen LogP contribution in [-0.2, 0) is 16.1 Å². The van der Waals surface area contributed by atoms with Gasteiger partial charge in [0.1, 0.15) is 6.61 Å². The highest BCUT2D eigenvalue weighted by Gasteiger charge is 2.32. The van der Waals surface area contributed by atoms with Gasteiger partial charge in [-0.05, 0) is 64.3 Å². The second kappa shape index (κ2) is 7.01. The molecule has 132 valence electrons. The van der Waals surface area contributed by atoms with Gasteiger partial charge >= 0.3 is 0 Å². The lowest BCUT2D eigenvalue weighted by atomic mass is 9.80. The van der Waals surface area contributed by atoms with Gasteiger partial charge in [0, 0.05) is 24.1 Å². The zero-order valence-corrected chi connectivity index (χ0v) is 15.0. The maximum absolute atomic E-state index is 10.6. The predicted molar refractivity (Wildman–Crippen MR) is 91.4 cm³/mol. The first-order valence-electron chi connectivity index (χ1n) is 8.72. The maximum atomic E-state index is 10.6. The highest BCUT2D eigenvalue weighted by atomic mass is 16.7. The van der Waals surface area contributed by atoms with Crippen molar-refractivity contribution in [3.8, 4) is 11.5 Å². The number of nitrogens with zero attached hydrogens (tertiary/aromatic N) is 1. The Hall–Kier alpha value is -1.75. The van der Waals surface area contributed by atoms with E-state index in [2.05, 4.69) is 25.1 Å². The Kier molecular flexibility index (Phi) is 4.99. The predicted octanol–water partition coefficient (Wildman–Crippen LogP) is 3.37. The van der Waals surface area contributed by atoms with E-state index in [0.29, 0.717) is 18.4 Å². The number of ether oxygens (including phenoxy) is 3. The van der Waals surface area contributed by atoms with Gasteiger partial charge in [-0.1, -0.05) is 0 Å². The van der Waals surface area contributed by atoms with Crippen LogP contribution in [0.1, 0.15) is 55.2 Å². The molecule has 5 heteroatoms. The summed E-state index contributed by atoms with van der Waals surface area (Å²) in [6, 6.07) is 2.81. The molecule has 1 aromatic carbocycles. The fraction of sp³-hybridized carbons (Fsp3) is 0.632. The minimum atomic E-state index is -0.266. The fourth-order valence-corrected chi connectivity index (χ4v) is 3.91. The van der Waals surface area contributed by atoms with Crippen LogP contribution in [0.25, 0.3) is 0 Å². The molecule has 1 unspecified atom stereocenters. The van der Waals surface area contributed by atoms with Crippen molar-refractivity contribution in [3.63, 3.8) is 0 Å². The van der Waals surface area contributed by atoms with Crippen molar-refractivity contribution in [3.05, 3.63) is 22.8 Å². The molecule has 0 radical (unpaired) electrons. The average Bonchev–Trinajstić information content (AvgIpc) is 2.96. The maximum Gasteiger partial charge on any atom is 0.293 e. The normalized spacial score (nSPS) is 25.8. The van der Waals surface area contributed by atoms with Crippen LogP contribution in [-0.4, -0.2) is 37.8 Å². The number of carbonyl (C=O) groups is 1. The van der Waals surface area contributed by atoms with E-state index in [9.17, 15) is 4.79 Å². The Morgan fingerprint density at radius 2 is 1.88 bits per heavy atom. The Bertz CT molecular complexity index is 606. The number of benzene rings is 1. The molecule has 1 saturated carbocycles. The summed E-state index contributed by atoms with van der Waals surface area (Å²) in [4.78, 5) is 12.9. The number of rotatable bonds is 5. The SMILES string of the molecule is Cc1c(COC=O)cc(C2CCC(N(C)C)CC2)c2c1OC(C)O2. The molecule has 5 nitrogen and oxygen atoms in total. The topological polar surface area (TPSA) is 48.0 Å². The lowest BCUT2D eigenvalue weighted by molar-refractivity contribution is -0.129. The molecule has 1 aliphatic carbocycles. The number of carbonyl (C=O) groups excluding carboxylic acids is 1. The van der Waals surface area contributed by atoms with Crippen LogP contribution in [0.5, 0.6) is 11.5 Å². The first kappa shape index (κ1) is 17.1. The molecule has 0 spiro atoms. The molecule has 0 saturated heterocycles. The third kappa shape index (κ3) is 3.22. The molecule has 1 atom stereocenters. The minimum Gasteiger partial charge on any atom is -0.463 e. The van der Waals surface area contributed by atoms with E-state index in [1.54, 1.807) is 0 Å². The van der Waals surface area contributed by atoms with E-state index >= 15 is 0 Å². The molecule has 1 aromatic rings. The quantitative estimate of drug-likeness (QED) is 0.773. The summed E-state index contributed by atoms with van der Waals surface area (Å²) in [5, 5.41) is 0. The van der Waals surface area contributed by atoms with Gasteiger partial charge in [-0.3, -0.25) is 4.79 Å². The van der Waals surface area contributed by atoms with Crippen molar-refractivity contribution in [1.82, 2.24) is 4.90 Å². The Morgan fingerprint density at radius 3 is 2.50 bits per heavy atom. The van der Waals surface area contributed by atoms with Gasteiger partial charge in [-0.2, -0.15) is 0 Å². The summed E-state index contributed by atoms with van der Waals surface area (Å²) in [6.07, 6.45) is 4.40. The Morgan fingerprint density at radius 1 is 1.21 bits per heavy atom. The van der Waals surface area contributed by atoms with Crippen LogP contribution in [0.4, 0.5) is 0 Å². The molecule has 1 aliphatic heterocycles. The zero-order chi connectivity index (χ0) is 17.3. The number of hydrogen-bond acceptors (Lipinski definition) is 5. The third-order valence-corrected chi connectivity index (χ3v) is 5.36. The molecule has 1 heterocycles. The third-order valence-electron chi connectivity index (χ3n) is 5.36. The van der Waals surface area contributed by atoms with Crippen molar-refractivity contribution < 1.29 is 19.0 Å². The monoisotopic (exact) mass is 333 g/mol. The molecule has 1 fully saturated rings. The van der Waals surface area contributed by atoms with E-state index in [-0.39, 0.29) is 12.9 Å². The smallest absolute Gasteiger partial charge is 0.293 e. The van der Waals surface area contributed by atoms with Gasteiger partial charge in [0.25, 0.3) is 6.47 Å². The molecule has 0 N–H and O–H groups in total. The number of hydrogen-bond donors (Lipinski definition) is 0. The van der Waals surface area contributed by atoms with Crippen LogP contribution in [0.3, 0.4) is 0 Å². The van der Waals surface area contributed by atoms with Crippen molar-refractivity contribution in [2.75, 3.05) is 14.1 Å². The summed E-state index contributed by atoms with van der Waals surface area (Å²) < 4.78 is 16.8. The summed E-state index contributed by atoms with van der Waals surface area (Å²) in [5.41, 5.74) is 3.21. The van der Waals surface area contributed by atoms with E-state index < -0.39 is 0 Å². The van der Waals surface area contributed by atoms with Crippen molar-refractivity contribution in [2.45, 2.75) is 64.4 Å². The first-order chi connectivity index (χ1) is 11.5. The van der Waals surface area contributed by atoms with E-state index in [0.717, 1.165) is 35.5 Å². The van der Waals surface area contributed by atoms with Crippen LogP contribution >= 0.6 is 0 Å². The van der Waals surface area contributed by atoms with Crippen molar-refractivity contribution in [1.29, 1.82) is 0 Å². The lowest BCUT2D eigenvalue weighted by Gasteiger charge is -2.33. The van der Waals surface area contributed by atoms with Crippen LogP contribution in [0.15, 0.2) is 6.07 Å². The molecule has 24 heavy (non-hydrogen) atoms. The standard InChI is InChI=1S/C19H27NO4/c1-12-15(10-22-11-21)9-17(19-18(12)23-13(2)24-19)14-5-7-16(8-6-14)20(3)4/h9,11,13-14,16H,5-8,10H2,1-4H3. The Balaban J connectivity index is 1.90. The van der Waals surface area contributed by atoms with E-state index in [1.165, 1.54) is 18.4 Å². The number of fused-ring (bicyclic) bond motifs is 1. The fourth-order valence-electron chi connectivity index (χ4n) is 3.91. The van der Waals surface area contributed by atoms with Gasteiger partial charge in [-0.25, -0.2) is 0 Å². The van der Waals surface area contributed by atoms with Gasteiger partial charge in [0.15, 0.2) is 11.5 Å². The summed E-state index contributed by atoms with van der Waals surface area (Å²) in [7, 11) is 4.31. The first-order valence-corrected chi connectivity index (χ1v) is 8.72. The van der Waals surface area contributed by atoms with Crippen LogP contribution in [0.2, 0.25) is 0 Å². The van der Waals surface area contributed by atoms with Crippen molar-refractivity contribution >= 4 is 6.47 Å². The zero-order valence-electron chi connectivity index (χ0n) is 15.0. The van der Waals surface area contributed by atoms with Gasteiger partial charge in [-0.15, -0.1) is 0 Å². The Labute approximate surface area is 143 Å². The van der Waals surface area contributed by atoms with Gasteiger partial charge < -0.3 is 19.1 Å². The molecule has 2 aliphatic rings. The molecular formula is C19H27NO4. The molecular weight excluding hydrogens is 306 g/mol. The van der Waals surface area contributed by atoms with Crippen LogP contribution in [0, 0.1) is 6.92 Å². The highest BCUT2D eigenvalue weighted by Crippen LogP contribution is 2.48. The van der Waals surface area contributed by atoms with E-state index in [1.807, 2.05) is 13.8 Å². The van der Waals surface area contributed by atoms with Gasteiger partial charge in [0.2, 0.25) is 6.29 Å². The van der Waals surface area contributed by atoms with Crippen molar-refractivity contribution in [2.24, 2.45) is 0 Å². The highest BCUT2D eigenvalue weighted by molar-refractivity contribution is 5.58. The average molecular weight is 333 g/mol. The second-order valence-corrected chi connectivity index (χ2v) is 7.09. The summed E-state index contributed by atoms with van der Waals surface area (Å²) >= 11 is 0. The lowest BCUT2D eigenvalue weighted by Crippen LogP contribution is -2.31. The summed E-state index contributed by atoms with van der Waals surface area (Å²) in [6.45, 7) is 4.68. The largest absolute Gasteiger partial charge is 0.463 e. The van der Waals surface area contributed by atoms with Gasteiger partial charge in [0.05, 0.1) is 0 Å². The second-order valence-electron chi connectivity index (χ2n) is 7.09.